The molecule has 0 aromatic carbocycles. The van der Waals surface area contributed by atoms with Crippen molar-refractivity contribution in [1.82, 2.24) is 29.5 Å². The third-order valence-corrected chi connectivity index (χ3v) is 7.16. The molecule has 8 heteroatoms. The number of hydrogen-bond donors (Lipinski definition) is 1. The van der Waals surface area contributed by atoms with Gasteiger partial charge in [0, 0.05) is 75.1 Å². The summed E-state index contributed by atoms with van der Waals surface area (Å²) in [7, 11) is 4.09. The third kappa shape index (κ3) is 5.23. The lowest BCUT2D eigenvalue weighted by molar-refractivity contribution is -0.121. The smallest absolute Gasteiger partial charge is 0.228 e. The Morgan fingerprint density at radius 3 is 2.58 bits per heavy atom. The first-order chi connectivity index (χ1) is 16.0. The first kappa shape index (κ1) is 22.0. The number of aryl methyl sites for hydroxylation is 1. The molecule has 174 valence electrons. The average Bonchev–Trinajstić information content (AvgIpc) is 3.27. The molecule has 0 unspecified atom stereocenters. The summed E-state index contributed by atoms with van der Waals surface area (Å²) in [6, 6.07) is 5.84. The van der Waals surface area contributed by atoms with E-state index in [0.717, 1.165) is 60.9 Å². The van der Waals surface area contributed by atoms with E-state index in [1.807, 2.05) is 31.4 Å². The molecule has 1 aliphatic heterocycles. The second kappa shape index (κ2) is 9.57. The molecule has 1 amide bonds. The van der Waals surface area contributed by atoms with Gasteiger partial charge in [0.15, 0.2) is 0 Å². The summed E-state index contributed by atoms with van der Waals surface area (Å²) < 4.78 is 1.76. The van der Waals surface area contributed by atoms with Crippen molar-refractivity contribution in [1.29, 1.82) is 0 Å². The molecule has 3 aromatic rings. The minimum absolute atomic E-state index is 0.0703. The molecule has 0 radical (unpaired) electrons. The van der Waals surface area contributed by atoms with Crippen LogP contribution in [0.2, 0.25) is 0 Å². The molecular weight excluding hydrogens is 414 g/mol. The van der Waals surface area contributed by atoms with Crippen LogP contribution in [0.5, 0.6) is 0 Å². The van der Waals surface area contributed by atoms with Crippen molar-refractivity contribution in [2.45, 2.75) is 25.7 Å². The van der Waals surface area contributed by atoms with Crippen LogP contribution in [-0.4, -0.2) is 75.2 Å². The molecule has 1 saturated heterocycles. The Kier molecular flexibility index (Phi) is 6.37. The zero-order chi connectivity index (χ0) is 22.8. The van der Waals surface area contributed by atoms with Crippen LogP contribution in [0.3, 0.4) is 0 Å². The van der Waals surface area contributed by atoms with Crippen LogP contribution in [0.4, 0.5) is 5.82 Å². The van der Waals surface area contributed by atoms with E-state index in [0.29, 0.717) is 11.7 Å². The number of pyridine rings is 2. The Labute approximate surface area is 195 Å². The second-order valence-electron chi connectivity index (χ2n) is 9.67. The van der Waals surface area contributed by atoms with Crippen molar-refractivity contribution in [3.63, 3.8) is 0 Å². The lowest BCUT2D eigenvalue weighted by Crippen LogP contribution is -2.46. The average molecular weight is 448 g/mol. The van der Waals surface area contributed by atoms with Crippen LogP contribution in [-0.2, 0) is 11.8 Å². The van der Waals surface area contributed by atoms with Gasteiger partial charge in [-0.2, -0.15) is 5.10 Å². The van der Waals surface area contributed by atoms with Crippen LogP contribution >= 0.6 is 0 Å². The lowest BCUT2D eigenvalue weighted by atomic mass is 9.81. The molecule has 0 bridgehead atoms. The number of piperazine rings is 1. The Balaban J connectivity index is 1.18. The molecule has 1 N–H and O–H groups in total. The highest BCUT2D eigenvalue weighted by Crippen LogP contribution is 2.30. The molecule has 0 spiro atoms. The highest BCUT2D eigenvalue weighted by atomic mass is 16.1. The zero-order valence-corrected chi connectivity index (χ0v) is 19.6. The Bertz CT molecular complexity index is 1110. The maximum absolute atomic E-state index is 12.9. The standard InChI is InChI=1S/C25H33N7O/c1-30-9-11-32(12-10-30)16-18-3-5-19(6-4-18)25(33)29-24-13-23-20(14-26-24)7-8-22(28-23)21-15-27-31(2)17-21/h7-8,13-15,17-19H,3-6,9-12,16H2,1-2H3,(H,26,29,33). The largest absolute Gasteiger partial charge is 0.310 e. The van der Waals surface area contributed by atoms with E-state index in [2.05, 4.69) is 32.2 Å². The van der Waals surface area contributed by atoms with E-state index in [1.54, 1.807) is 17.1 Å². The Hall–Kier alpha value is -2.84. The van der Waals surface area contributed by atoms with Gasteiger partial charge < -0.3 is 15.1 Å². The number of amides is 1. The van der Waals surface area contributed by atoms with Crippen molar-refractivity contribution < 1.29 is 4.79 Å². The molecule has 1 aliphatic carbocycles. The van der Waals surface area contributed by atoms with Gasteiger partial charge in [-0.05, 0) is 50.8 Å². The highest BCUT2D eigenvalue weighted by Gasteiger charge is 2.28. The molecule has 8 nitrogen and oxygen atoms in total. The summed E-state index contributed by atoms with van der Waals surface area (Å²) in [5.41, 5.74) is 2.64. The Morgan fingerprint density at radius 1 is 1.06 bits per heavy atom. The molecular formula is C25H33N7O. The topological polar surface area (TPSA) is 79.2 Å². The summed E-state index contributed by atoms with van der Waals surface area (Å²) >= 11 is 0. The van der Waals surface area contributed by atoms with Gasteiger partial charge in [-0.1, -0.05) is 0 Å². The van der Waals surface area contributed by atoms with Crippen molar-refractivity contribution in [2.24, 2.45) is 18.9 Å². The summed E-state index contributed by atoms with van der Waals surface area (Å²) in [5.74, 6) is 1.44. The van der Waals surface area contributed by atoms with E-state index in [9.17, 15) is 4.79 Å². The van der Waals surface area contributed by atoms with Gasteiger partial charge in [-0.25, -0.2) is 9.97 Å². The molecule has 33 heavy (non-hydrogen) atoms. The van der Waals surface area contributed by atoms with Crippen molar-refractivity contribution in [3.8, 4) is 11.3 Å². The Morgan fingerprint density at radius 2 is 1.85 bits per heavy atom. The number of carbonyl (C=O) groups is 1. The quantitative estimate of drug-likeness (QED) is 0.648. The van der Waals surface area contributed by atoms with Gasteiger partial charge in [0.25, 0.3) is 0 Å². The molecule has 2 fully saturated rings. The fourth-order valence-electron chi connectivity index (χ4n) is 5.03. The number of nitrogens with one attached hydrogen (secondary N) is 1. The van der Waals surface area contributed by atoms with Crippen molar-refractivity contribution in [3.05, 3.63) is 36.8 Å². The predicted molar refractivity (Wildman–Crippen MR) is 130 cm³/mol. The van der Waals surface area contributed by atoms with Gasteiger partial charge in [-0.3, -0.25) is 9.48 Å². The highest BCUT2D eigenvalue weighted by molar-refractivity contribution is 5.93. The van der Waals surface area contributed by atoms with Crippen LogP contribution in [0, 0.1) is 11.8 Å². The molecule has 5 rings (SSSR count). The molecule has 0 atom stereocenters. The second-order valence-corrected chi connectivity index (χ2v) is 9.67. The maximum atomic E-state index is 12.9. The van der Waals surface area contributed by atoms with Crippen LogP contribution in [0.15, 0.2) is 36.8 Å². The SMILES string of the molecule is CN1CCN(CC2CCC(C(=O)Nc3cc4nc(-c5cnn(C)c5)ccc4cn3)CC2)CC1. The minimum Gasteiger partial charge on any atom is -0.310 e. The molecule has 3 aromatic heterocycles. The van der Waals surface area contributed by atoms with E-state index in [1.165, 1.54) is 19.6 Å². The number of fused-ring (bicyclic) bond motifs is 1. The van der Waals surface area contributed by atoms with E-state index in [4.69, 9.17) is 4.98 Å². The van der Waals surface area contributed by atoms with Gasteiger partial charge in [0.05, 0.1) is 17.4 Å². The van der Waals surface area contributed by atoms with Crippen LogP contribution < -0.4 is 5.32 Å². The number of likely N-dealkylation sites (N-methyl/N-ethyl adjacent to an activating group) is 1. The van der Waals surface area contributed by atoms with Crippen LogP contribution in [0.25, 0.3) is 22.2 Å². The maximum Gasteiger partial charge on any atom is 0.228 e. The fourth-order valence-corrected chi connectivity index (χ4v) is 5.03. The van der Waals surface area contributed by atoms with Gasteiger partial charge >= 0.3 is 0 Å². The van der Waals surface area contributed by atoms with Gasteiger partial charge in [-0.15, -0.1) is 0 Å². The van der Waals surface area contributed by atoms with Crippen molar-refractivity contribution in [2.75, 3.05) is 45.1 Å². The van der Waals surface area contributed by atoms with Gasteiger partial charge in [0.2, 0.25) is 5.91 Å². The van der Waals surface area contributed by atoms with E-state index < -0.39 is 0 Å². The first-order valence-corrected chi connectivity index (χ1v) is 12.0. The lowest BCUT2D eigenvalue weighted by Gasteiger charge is -2.36. The monoisotopic (exact) mass is 447 g/mol. The number of hydrogen-bond acceptors (Lipinski definition) is 6. The molecule has 1 saturated carbocycles. The number of anilines is 1. The summed E-state index contributed by atoms with van der Waals surface area (Å²) in [6.07, 6.45) is 9.70. The number of aromatic nitrogens is 4. The zero-order valence-electron chi connectivity index (χ0n) is 19.6. The van der Waals surface area contributed by atoms with Gasteiger partial charge in [0.1, 0.15) is 5.82 Å². The van der Waals surface area contributed by atoms with E-state index >= 15 is 0 Å². The number of nitrogens with zero attached hydrogens (tertiary/aromatic N) is 6. The summed E-state index contributed by atoms with van der Waals surface area (Å²) in [5, 5.41) is 8.22. The third-order valence-electron chi connectivity index (χ3n) is 7.16. The van der Waals surface area contributed by atoms with E-state index in [-0.39, 0.29) is 11.8 Å². The normalized spacial score (nSPS) is 22.5. The summed E-state index contributed by atoms with van der Waals surface area (Å²) in [4.78, 5) is 27.1. The van der Waals surface area contributed by atoms with Crippen molar-refractivity contribution >= 4 is 22.6 Å². The summed E-state index contributed by atoms with van der Waals surface area (Å²) in [6.45, 7) is 5.84. The minimum atomic E-state index is 0.0703. The molecule has 2 aliphatic rings. The fraction of sp³-hybridized carbons (Fsp3) is 0.520. The first-order valence-electron chi connectivity index (χ1n) is 12.0. The number of carbonyl (C=O) groups excluding carboxylic acids is 1. The molecule has 4 heterocycles. The predicted octanol–water partition coefficient (Wildman–Crippen LogP) is 3.02. The van der Waals surface area contributed by atoms with Crippen LogP contribution in [0.1, 0.15) is 25.7 Å². The number of rotatable bonds is 5.